The fourth-order valence-corrected chi connectivity index (χ4v) is 2.31. The van der Waals surface area contributed by atoms with Gasteiger partial charge in [-0.15, -0.1) is 0 Å². The highest BCUT2D eigenvalue weighted by Crippen LogP contribution is 2.34. The third-order valence-corrected chi connectivity index (χ3v) is 3.44. The van der Waals surface area contributed by atoms with E-state index in [0.29, 0.717) is 18.4 Å². The molecule has 1 nitrogen and oxygen atoms in total. The van der Waals surface area contributed by atoms with E-state index in [9.17, 15) is 13.9 Å². The second kappa shape index (κ2) is 6.00. The van der Waals surface area contributed by atoms with Crippen molar-refractivity contribution in [1.82, 2.24) is 0 Å². The summed E-state index contributed by atoms with van der Waals surface area (Å²) in [6, 6.07) is 7.39. The van der Waals surface area contributed by atoms with E-state index in [1.54, 1.807) is 12.1 Å². The second-order valence-electron chi connectivity index (χ2n) is 6.20. The quantitative estimate of drug-likeness (QED) is 0.827. The minimum Gasteiger partial charge on any atom is -0.385 e. The predicted octanol–water partition coefficient (Wildman–Crippen LogP) is 4.63. The maximum Gasteiger partial charge on any atom is 0.241 e. The Labute approximate surface area is 114 Å². The molecule has 108 valence electrons. The molecule has 0 fully saturated rings. The second-order valence-corrected chi connectivity index (χ2v) is 6.20. The first-order valence-electron chi connectivity index (χ1n) is 6.80. The molecule has 3 heteroatoms. The summed E-state index contributed by atoms with van der Waals surface area (Å²) in [5.74, 6) is 0. The molecule has 0 saturated carbocycles. The lowest BCUT2D eigenvalue weighted by Gasteiger charge is -2.29. The molecule has 1 N–H and O–H groups in total. The normalized spacial score (nSPS) is 15.6. The van der Waals surface area contributed by atoms with Crippen LogP contribution < -0.4 is 0 Å². The summed E-state index contributed by atoms with van der Waals surface area (Å²) in [5, 5.41) is 10.5. The molecule has 0 radical (unpaired) electrons. The van der Waals surface area contributed by atoms with E-state index in [1.165, 1.54) is 0 Å². The van der Waals surface area contributed by atoms with Gasteiger partial charge in [0.05, 0.1) is 5.60 Å². The molecule has 0 amide bonds. The smallest absolute Gasteiger partial charge is 0.241 e. The maximum absolute atomic E-state index is 12.6. The maximum atomic E-state index is 12.6. The van der Waals surface area contributed by atoms with Gasteiger partial charge in [-0.2, -0.15) is 0 Å². The van der Waals surface area contributed by atoms with Gasteiger partial charge in [0, 0.05) is 6.42 Å². The van der Waals surface area contributed by atoms with E-state index in [1.807, 2.05) is 19.1 Å². The molecule has 1 atom stereocenters. The Morgan fingerprint density at radius 3 is 1.89 bits per heavy atom. The summed E-state index contributed by atoms with van der Waals surface area (Å²) in [6.07, 6.45) is -1.98. The van der Waals surface area contributed by atoms with Crippen LogP contribution in [0.15, 0.2) is 24.3 Å². The van der Waals surface area contributed by atoms with Crippen LogP contribution >= 0.6 is 0 Å². The van der Waals surface area contributed by atoms with Crippen LogP contribution in [0, 0.1) is 0 Å². The summed E-state index contributed by atoms with van der Waals surface area (Å²) < 4.78 is 25.3. The first-order chi connectivity index (χ1) is 8.69. The van der Waals surface area contributed by atoms with E-state index >= 15 is 0 Å². The van der Waals surface area contributed by atoms with Crippen LogP contribution in [0.25, 0.3) is 0 Å². The number of benzene rings is 1. The average molecular weight is 270 g/mol. The number of hydrogen-bond donors (Lipinski definition) is 1. The van der Waals surface area contributed by atoms with Crippen LogP contribution in [0.3, 0.4) is 0 Å². The standard InChI is InChI=1S/C16H24F2O/c1-5-10-16(19,11-14(17)18)13-8-6-12(7-9-13)15(2,3)4/h6-9,14,19H,5,10-11H2,1-4H3. The topological polar surface area (TPSA) is 20.2 Å². The zero-order valence-electron chi connectivity index (χ0n) is 12.2. The highest BCUT2D eigenvalue weighted by atomic mass is 19.3. The Kier molecular flexibility index (Phi) is 5.08. The van der Waals surface area contributed by atoms with Crippen molar-refractivity contribution >= 4 is 0 Å². The Morgan fingerprint density at radius 1 is 1.05 bits per heavy atom. The summed E-state index contributed by atoms with van der Waals surface area (Å²) in [7, 11) is 0. The SMILES string of the molecule is CCCC(O)(CC(F)F)c1ccc(C(C)(C)C)cc1. The molecule has 0 aliphatic carbocycles. The third-order valence-electron chi connectivity index (χ3n) is 3.44. The van der Waals surface area contributed by atoms with Crippen molar-refractivity contribution in [2.24, 2.45) is 0 Å². The summed E-state index contributed by atoms with van der Waals surface area (Å²) in [4.78, 5) is 0. The van der Waals surface area contributed by atoms with Crippen molar-refractivity contribution in [3.8, 4) is 0 Å². The van der Waals surface area contributed by atoms with Gasteiger partial charge in [0.25, 0.3) is 0 Å². The summed E-state index contributed by atoms with van der Waals surface area (Å²) in [6.45, 7) is 8.18. The molecular formula is C16H24F2O. The van der Waals surface area contributed by atoms with Crippen LogP contribution in [0.1, 0.15) is 58.1 Å². The Morgan fingerprint density at radius 2 is 1.53 bits per heavy atom. The van der Waals surface area contributed by atoms with Crippen molar-refractivity contribution < 1.29 is 13.9 Å². The van der Waals surface area contributed by atoms with Gasteiger partial charge in [0.2, 0.25) is 6.43 Å². The van der Waals surface area contributed by atoms with E-state index in [2.05, 4.69) is 20.8 Å². The minimum absolute atomic E-state index is 0.0180. The fourth-order valence-electron chi connectivity index (χ4n) is 2.31. The molecule has 0 aliphatic heterocycles. The van der Waals surface area contributed by atoms with Gasteiger partial charge in [-0.25, -0.2) is 8.78 Å². The molecule has 0 aliphatic rings. The van der Waals surface area contributed by atoms with Gasteiger partial charge in [0.1, 0.15) is 0 Å². The zero-order chi connectivity index (χ0) is 14.7. The number of hydrogen-bond acceptors (Lipinski definition) is 1. The predicted molar refractivity (Wildman–Crippen MR) is 74.6 cm³/mol. The highest BCUT2D eigenvalue weighted by Gasteiger charge is 2.32. The lowest BCUT2D eigenvalue weighted by molar-refractivity contribution is -0.0334. The monoisotopic (exact) mass is 270 g/mol. The van der Waals surface area contributed by atoms with Crippen molar-refractivity contribution in [3.05, 3.63) is 35.4 Å². The molecule has 1 unspecified atom stereocenters. The number of halogens is 2. The van der Waals surface area contributed by atoms with Crippen molar-refractivity contribution in [2.75, 3.05) is 0 Å². The Hall–Kier alpha value is -0.960. The van der Waals surface area contributed by atoms with E-state index < -0.39 is 18.4 Å². The zero-order valence-corrected chi connectivity index (χ0v) is 12.2. The number of aliphatic hydroxyl groups is 1. The van der Waals surface area contributed by atoms with E-state index in [0.717, 1.165) is 5.56 Å². The van der Waals surface area contributed by atoms with Crippen LogP contribution in [-0.4, -0.2) is 11.5 Å². The van der Waals surface area contributed by atoms with Crippen LogP contribution in [0.4, 0.5) is 8.78 Å². The lowest BCUT2D eigenvalue weighted by Crippen LogP contribution is -2.28. The molecule has 0 aromatic heterocycles. The molecule has 0 bridgehead atoms. The van der Waals surface area contributed by atoms with Gasteiger partial charge >= 0.3 is 0 Å². The summed E-state index contributed by atoms with van der Waals surface area (Å²) in [5.41, 5.74) is 0.318. The molecule has 0 saturated heterocycles. The molecule has 0 heterocycles. The minimum atomic E-state index is -2.50. The average Bonchev–Trinajstić information content (AvgIpc) is 2.27. The number of rotatable bonds is 5. The van der Waals surface area contributed by atoms with Gasteiger partial charge in [-0.05, 0) is 23.0 Å². The fraction of sp³-hybridized carbons (Fsp3) is 0.625. The van der Waals surface area contributed by atoms with Gasteiger partial charge in [-0.3, -0.25) is 0 Å². The molecule has 1 aromatic rings. The molecular weight excluding hydrogens is 246 g/mol. The molecule has 1 aromatic carbocycles. The van der Waals surface area contributed by atoms with Crippen molar-refractivity contribution in [1.29, 1.82) is 0 Å². The van der Waals surface area contributed by atoms with E-state index in [-0.39, 0.29) is 5.41 Å². The van der Waals surface area contributed by atoms with E-state index in [4.69, 9.17) is 0 Å². The molecule has 0 spiro atoms. The Bertz CT molecular complexity index is 392. The highest BCUT2D eigenvalue weighted by molar-refractivity contribution is 5.30. The van der Waals surface area contributed by atoms with Crippen molar-refractivity contribution in [3.63, 3.8) is 0 Å². The largest absolute Gasteiger partial charge is 0.385 e. The summed E-state index contributed by atoms with van der Waals surface area (Å²) >= 11 is 0. The van der Waals surface area contributed by atoms with Crippen molar-refractivity contribution in [2.45, 2.75) is 64.4 Å². The molecule has 19 heavy (non-hydrogen) atoms. The first kappa shape index (κ1) is 16.1. The lowest BCUT2D eigenvalue weighted by atomic mass is 9.82. The van der Waals surface area contributed by atoms with Crippen LogP contribution in [0.2, 0.25) is 0 Å². The Balaban J connectivity index is 3.04. The van der Waals surface area contributed by atoms with Gasteiger partial charge in [0.15, 0.2) is 0 Å². The van der Waals surface area contributed by atoms with Gasteiger partial charge in [-0.1, -0.05) is 58.4 Å². The third kappa shape index (κ3) is 4.27. The van der Waals surface area contributed by atoms with Crippen LogP contribution in [-0.2, 0) is 11.0 Å². The molecule has 1 rings (SSSR count). The van der Waals surface area contributed by atoms with Crippen LogP contribution in [0.5, 0.6) is 0 Å². The number of alkyl halides is 2. The first-order valence-corrected chi connectivity index (χ1v) is 6.80. The van der Waals surface area contributed by atoms with Gasteiger partial charge < -0.3 is 5.11 Å².